The van der Waals surface area contributed by atoms with Crippen LogP contribution in [-0.4, -0.2) is 109 Å². The van der Waals surface area contributed by atoms with Gasteiger partial charge in [-0.15, -0.1) is 0 Å². The van der Waals surface area contributed by atoms with Crippen molar-refractivity contribution in [1.82, 2.24) is 9.80 Å². The summed E-state index contributed by atoms with van der Waals surface area (Å²) in [5.74, 6) is -1.84. The van der Waals surface area contributed by atoms with Gasteiger partial charge in [-0.1, -0.05) is 30.3 Å². The number of aliphatic hydroxyl groups is 5. The number of carbonyl (C=O) groups excluding carboxylic acids is 2. The summed E-state index contributed by atoms with van der Waals surface area (Å²) in [6.45, 7) is -0.213. The maximum atomic E-state index is 13.0. The third-order valence-electron chi connectivity index (χ3n) is 5.67. The minimum absolute atomic E-state index is 0.0630. The number of nitrogens with zero attached hydrogens (tertiary/aromatic N) is 2. The van der Waals surface area contributed by atoms with Crippen molar-refractivity contribution < 1.29 is 35.1 Å². The molecule has 160 valence electrons. The molecule has 2 aliphatic heterocycles. The van der Waals surface area contributed by atoms with Crippen LogP contribution in [0.2, 0.25) is 0 Å². The summed E-state index contributed by atoms with van der Waals surface area (Å²) in [6, 6.07) is 6.84. The van der Waals surface area contributed by atoms with Crippen LogP contribution < -0.4 is 5.73 Å². The number of amides is 2. The molecule has 2 aliphatic rings. The third-order valence-corrected chi connectivity index (χ3v) is 5.67. The third kappa shape index (κ3) is 4.42. The molecular weight excluding hydrogens is 382 g/mol. The highest BCUT2D eigenvalue weighted by Crippen LogP contribution is 2.24. The van der Waals surface area contributed by atoms with Gasteiger partial charge < -0.3 is 36.2 Å². The van der Waals surface area contributed by atoms with Crippen molar-refractivity contribution in [2.24, 2.45) is 5.73 Å². The van der Waals surface area contributed by atoms with Gasteiger partial charge in [-0.25, -0.2) is 0 Å². The van der Waals surface area contributed by atoms with E-state index in [1.54, 1.807) is 4.90 Å². The zero-order chi connectivity index (χ0) is 21.3. The van der Waals surface area contributed by atoms with E-state index in [0.29, 0.717) is 0 Å². The first kappa shape index (κ1) is 21.6. The average molecular weight is 409 g/mol. The highest BCUT2D eigenvalue weighted by molar-refractivity contribution is 5.90. The second-order valence-corrected chi connectivity index (χ2v) is 7.69. The molecule has 0 spiro atoms. The summed E-state index contributed by atoms with van der Waals surface area (Å²) >= 11 is 0. The lowest BCUT2D eigenvalue weighted by Crippen LogP contribution is -2.56. The van der Waals surface area contributed by atoms with Gasteiger partial charge in [-0.3, -0.25) is 14.5 Å². The molecule has 1 aromatic rings. The normalized spacial score (nSPS) is 32.3. The number of hydrogen-bond acceptors (Lipinski definition) is 8. The van der Waals surface area contributed by atoms with Gasteiger partial charge in [0.15, 0.2) is 0 Å². The van der Waals surface area contributed by atoms with Crippen molar-refractivity contribution in [1.29, 1.82) is 0 Å². The lowest BCUT2D eigenvalue weighted by molar-refractivity contribution is -0.149. The van der Waals surface area contributed by atoms with Gasteiger partial charge in [-0.2, -0.15) is 0 Å². The monoisotopic (exact) mass is 409 g/mol. The molecule has 10 nitrogen and oxygen atoms in total. The van der Waals surface area contributed by atoms with E-state index < -0.39 is 54.4 Å². The summed E-state index contributed by atoms with van der Waals surface area (Å²) < 4.78 is 0. The number of benzene rings is 1. The minimum Gasteiger partial charge on any atom is -0.389 e. The summed E-state index contributed by atoms with van der Waals surface area (Å²) in [4.78, 5) is 27.2. The molecule has 0 aromatic heterocycles. The molecule has 7 atom stereocenters. The molecule has 0 aliphatic carbocycles. The second kappa shape index (κ2) is 8.74. The Labute approximate surface area is 167 Å². The average Bonchev–Trinajstić information content (AvgIpc) is 3.18. The molecule has 7 N–H and O–H groups in total. The summed E-state index contributed by atoms with van der Waals surface area (Å²) in [5.41, 5.74) is 6.10. The summed E-state index contributed by atoms with van der Waals surface area (Å²) in [6.07, 6.45) is -6.30. The van der Waals surface area contributed by atoms with Crippen molar-refractivity contribution in [3.8, 4) is 0 Å². The van der Waals surface area contributed by atoms with Crippen molar-refractivity contribution in [2.75, 3.05) is 19.6 Å². The molecule has 10 heteroatoms. The number of β-amino-alcohol motifs (C(OH)–C–C–N with tert-alkyl or cyclic N) is 3. The molecule has 0 saturated carbocycles. The largest absolute Gasteiger partial charge is 0.389 e. The number of hydrogen-bond donors (Lipinski definition) is 6. The second-order valence-electron chi connectivity index (χ2n) is 7.69. The number of nitrogens with two attached hydrogens (primary N) is 1. The van der Waals surface area contributed by atoms with Gasteiger partial charge in [0.1, 0.15) is 18.2 Å². The Hall–Kier alpha value is -2.08. The van der Waals surface area contributed by atoms with E-state index in [2.05, 4.69) is 0 Å². The van der Waals surface area contributed by atoms with E-state index in [1.807, 2.05) is 30.3 Å². The number of primary amides is 1. The van der Waals surface area contributed by atoms with Crippen molar-refractivity contribution in [2.45, 2.75) is 49.0 Å². The zero-order valence-electron chi connectivity index (χ0n) is 15.8. The van der Waals surface area contributed by atoms with Gasteiger partial charge in [-0.05, 0) is 12.0 Å². The van der Waals surface area contributed by atoms with E-state index >= 15 is 0 Å². The molecule has 29 heavy (non-hydrogen) atoms. The molecular formula is C19H27N3O7. The van der Waals surface area contributed by atoms with Gasteiger partial charge >= 0.3 is 0 Å². The van der Waals surface area contributed by atoms with Gasteiger partial charge in [0, 0.05) is 19.1 Å². The highest BCUT2D eigenvalue weighted by Gasteiger charge is 2.49. The predicted molar refractivity (Wildman–Crippen MR) is 100 cm³/mol. The lowest BCUT2D eigenvalue weighted by Gasteiger charge is -2.34. The predicted octanol–water partition coefficient (Wildman–Crippen LogP) is -3.59. The summed E-state index contributed by atoms with van der Waals surface area (Å²) in [5, 5.41) is 50.5. The Kier molecular flexibility index (Phi) is 6.52. The molecule has 2 fully saturated rings. The number of rotatable bonds is 6. The van der Waals surface area contributed by atoms with Crippen LogP contribution in [0.15, 0.2) is 30.3 Å². The summed E-state index contributed by atoms with van der Waals surface area (Å²) in [7, 11) is 0. The maximum Gasteiger partial charge on any atom is 0.253 e. The van der Waals surface area contributed by atoms with Crippen LogP contribution in [-0.2, 0) is 16.0 Å². The zero-order valence-corrected chi connectivity index (χ0v) is 15.8. The molecule has 0 radical (unpaired) electrons. The Morgan fingerprint density at radius 2 is 1.59 bits per heavy atom. The first-order valence-corrected chi connectivity index (χ1v) is 9.48. The van der Waals surface area contributed by atoms with Crippen LogP contribution >= 0.6 is 0 Å². The number of likely N-dealkylation sites (tertiary alicyclic amines) is 2. The van der Waals surface area contributed by atoms with Crippen LogP contribution in [0.3, 0.4) is 0 Å². The van der Waals surface area contributed by atoms with Crippen LogP contribution in [0.4, 0.5) is 0 Å². The molecule has 0 bridgehead atoms. The first-order chi connectivity index (χ1) is 13.7. The van der Waals surface area contributed by atoms with Gasteiger partial charge in [0.25, 0.3) is 5.91 Å². The van der Waals surface area contributed by atoms with Gasteiger partial charge in [0.05, 0.1) is 24.9 Å². The number of aliphatic hydroxyl groups excluding tert-OH is 5. The SMILES string of the molecule is NC(=O)C1C(O)C(O)CN1C(=O)[C@@H](O)[C@H](Cc1ccccc1)N1C[C@@H](O)[C@@H](O)C1. The minimum atomic E-state index is -1.63. The molecule has 3 unspecified atom stereocenters. The fourth-order valence-electron chi connectivity index (χ4n) is 4.07. The first-order valence-electron chi connectivity index (χ1n) is 9.48. The maximum absolute atomic E-state index is 13.0. The Bertz CT molecular complexity index is 724. The van der Waals surface area contributed by atoms with Crippen molar-refractivity contribution in [3.05, 3.63) is 35.9 Å². The highest BCUT2D eigenvalue weighted by atomic mass is 16.3. The topological polar surface area (TPSA) is 168 Å². The van der Waals surface area contributed by atoms with Crippen LogP contribution in [0, 0.1) is 0 Å². The smallest absolute Gasteiger partial charge is 0.253 e. The molecule has 2 amide bonds. The van der Waals surface area contributed by atoms with Crippen molar-refractivity contribution in [3.63, 3.8) is 0 Å². The van der Waals surface area contributed by atoms with Crippen LogP contribution in [0.1, 0.15) is 5.56 Å². The molecule has 2 heterocycles. The van der Waals surface area contributed by atoms with E-state index in [1.165, 1.54) is 0 Å². The fraction of sp³-hybridized carbons (Fsp3) is 0.579. The standard InChI is InChI=1S/C19H27N3O7/c20-18(28)15-17(27)14(25)9-22(15)19(29)16(26)11(6-10-4-2-1-3-5-10)21-7-12(23)13(24)8-21/h1-5,11-17,23-27H,6-9H2,(H2,20,28)/t11-,12-,13+,14?,15?,16-,17?/m0/s1. The van der Waals surface area contributed by atoms with E-state index in [4.69, 9.17) is 5.73 Å². The molecule has 2 saturated heterocycles. The van der Waals surface area contributed by atoms with E-state index in [-0.39, 0.29) is 26.1 Å². The van der Waals surface area contributed by atoms with E-state index in [9.17, 15) is 35.1 Å². The van der Waals surface area contributed by atoms with Crippen molar-refractivity contribution >= 4 is 11.8 Å². The van der Waals surface area contributed by atoms with Gasteiger partial charge in [0.2, 0.25) is 5.91 Å². The lowest BCUT2D eigenvalue weighted by atomic mass is 9.98. The van der Waals surface area contributed by atoms with E-state index in [0.717, 1.165) is 10.5 Å². The quantitative estimate of drug-likeness (QED) is 0.280. The molecule has 1 aromatic carbocycles. The molecule has 3 rings (SSSR count). The fourth-order valence-corrected chi connectivity index (χ4v) is 4.07. The van der Waals surface area contributed by atoms with Crippen LogP contribution in [0.25, 0.3) is 0 Å². The number of carbonyl (C=O) groups is 2. The Morgan fingerprint density at radius 3 is 2.14 bits per heavy atom. The Morgan fingerprint density at radius 1 is 1.00 bits per heavy atom. The van der Waals surface area contributed by atoms with Crippen LogP contribution in [0.5, 0.6) is 0 Å². The Balaban J connectivity index is 1.84.